The van der Waals surface area contributed by atoms with Crippen LogP contribution in [0.5, 0.6) is 0 Å². The van der Waals surface area contributed by atoms with Crippen molar-refractivity contribution in [1.82, 2.24) is 20.2 Å². The number of nitrogens with two attached hydrogens (primary N) is 1. The molecule has 1 aromatic carbocycles. The lowest BCUT2D eigenvalue weighted by molar-refractivity contribution is 0.468. The second-order valence-corrected chi connectivity index (χ2v) is 5.96. The molecule has 0 bridgehead atoms. The monoisotopic (exact) mass is 287 g/mol. The summed E-state index contributed by atoms with van der Waals surface area (Å²) in [6.45, 7) is 8.58. The van der Waals surface area contributed by atoms with Gasteiger partial charge in [0.1, 0.15) is 12.2 Å². The van der Waals surface area contributed by atoms with E-state index in [1.54, 1.807) is 6.33 Å². The number of hydrogen-bond donors (Lipinski definition) is 2. The van der Waals surface area contributed by atoms with Gasteiger partial charge in [-0.15, -0.1) is 0 Å². The third kappa shape index (κ3) is 3.68. The number of nitrogens with zero attached hydrogens (tertiary/aromatic N) is 3. The lowest BCUT2D eigenvalue weighted by Crippen LogP contribution is -2.30. The van der Waals surface area contributed by atoms with Crippen LogP contribution < -0.4 is 11.3 Å². The minimum atomic E-state index is 0.0351. The third-order valence-electron chi connectivity index (χ3n) is 3.73. The van der Waals surface area contributed by atoms with Gasteiger partial charge in [-0.3, -0.25) is 11.3 Å². The van der Waals surface area contributed by atoms with Crippen molar-refractivity contribution in [2.24, 2.45) is 5.84 Å². The van der Waals surface area contributed by atoms with Crippen molar-refractivity contribution < 1.29 is 0 Å². The van der Waals surface area contributed by atoms with Crippen LogP contribution in [-0.2, 0) is 6.42 Å². The number of nitrogens with one attached hydrogen (secondary N) is 1. The van der Waals surface area contributed by atoms with Crippen LogP contribution in [-0.4, -0.2) is 14.8 Å². The molecule has 0 spiro atoms. The van der Waals surface area contributed by atoms with Crippen LogP contribution in [0.15, 0.2) is 30.6 Å². The van der Waals surface area contributed by atoms with Gasteiger partial charge < -0.3 is 0 Å². The van der Waals surface area contributed by atoms with E-state index in [2.05, 4.69) is 67.5 Å². The summed E-state index contributed by atoms with van der Waals surface area (Å²) in [7, 11) is 0. The Morgan fingerprint density at radius 3 is 2.24 bits per heavy atom. The normalized spacial score (nSPS) is 13.1. The lowest BCUT2D eigenvalue weighted by atomic mass is 9.98. The smallest absolute Gasteiger partial charge is 0.138 e. The van der Waals surface area contributed by atoms with Crippen molar-refractivity contribution in [2.45, 2.75) is 52.1 Å². The molecule has 0 aliphatic carbocycles. The molecule has 0 aliphatic rings. The highest BCUT2D eigenvalue weighted by atomic mass is 15.3. The summed E-state index contributed by atoms with van der Waals surface area (Å²) < 4.78 is 1.94. The van der Waals surface area contributed by atoms with Crippen molar-refractivity contribution in [3.05, 3.63) is 47.5 Å². The highest BCUT2D eigenvalue weighted by Crippen LogP contribution is 2.21. The summed E-state index contributed by atoms with van der Waals surface area (Å²) in [5, 5.41) is 4.27. The van der Waals surface area contributed by atoms with Crippen molar-refractivity contribution in [3.63, 3.8) is 0 Å². The van der Waals surface area contributed by atoms with E-state index in [0.29, 0.717) is 12.0 Å². The maximum absolute atomic E-state index is 5.74. The van der Waals surface area contributed by atoms with E-state index in [0.717, 1.165) is 12.2 Å². The summed E-state index contributed by atoms with van der Waals surface area (Å²) in [6.07, 6.45) is 2.32. The fourth-order valence-corrected chi connectivity index (χ4v) is 2.42. The molecule has 2 rings (SSSR count). The number of aromatic nitrogens is 3. The van der Waals surface area contributed by atoms with E-state index in [1.165, 1.54) is 11.1 Å². The van der Waals surface area contributed by atoms with Crippen LogP contribution in [0.4, 0.5) is 0 Å². The summed E-state index contributed by atoms with van der Waals surface area (Å²) in [4.78, 5) is 4.35. The van der Waals surface area contributed by atoms with Crippen LogP contribution in [0.2, 0.25) is 0 Å². The first-order valence-corrected chi connectivity index (χ1v) is 7.47. The average Bonchev–Trinajstić information content (AvgIpc) is 2.93. The second kappa shape index (κ2) is 6.83. The molecular weight excluding hydrogens is 262 g/mol. The van der Waals surface area contributed by atoms with E-state index >= 15 is 0 Å². The van der Waals surface area contributed by atoms with Gasteiger partial charge in [0, 0.05) is 12.5 Å². The summed E-state index contributed by atoms with van der Waals surface area (Å²) in [5.41, 5.74) is 5.39. The predicted molar refractivity (Wildman–Crippen MR) is 84.7 cm³/mol. The van der Waals surface area contributed by atoms with Crippen molar-refractivity contribution in [1.29, 1.82) is 0 Å². The Balaban J connectivity index is 2.17. The lowest BCUT2D eigenvalue weighted by Gasteiger charge is -2.18. The highest BCUT2D eigenvalue weighted by Gasteiger charge is 2.16. The molecule has 0 fully saturated rings. The van der Waals surface area contributed by atoms with Gasteiger partial charge in [-0.05, 0) is 30.9 Å². The number of hydrazine groups is 1. The van der Waals surface area contributed by atoms with Crippen LogP contribution in [0.25, 0.3) is 0 Å². The fraction of sp³-hybridized carbons (Fsp3) is 0.500. The fourth-order valence-electron chi connectivity index (χ4n) is 2.42. The zero-order chi connectivity index (χ0) is 15.4. The first-order chi connectivity index (χ1) is 10.0. The topological polar surface area (TPSA) is 68.8 Å². The molecule has 2 aromatic rings. The zero-order valence-electron chi connectivity index (χ0n) is 13.2. The molecule has 1 atom stereocenters. The van der Waals surface area contributed by atoms with E-state index < -0.39 is 0 Å². The predicted octanol–water partition coefficient (Wildman–Crippen LogP) is 2.73. The van der Waals surface area contributed by atoms with Crippen LogP contribution in [0.3, 0.4) is 0 Å². The Hall–Kier alpha value is -1.72. The number of hydrogen-bond acceptors (Lipinski definition) is 4. The summed E-state index contributed by atoms with van der Waals surface area (Å²) >= 11 is 0. The van der Waals surface area contributed by atoms with Crippen LogP contribution in [0.1, 0.15) is 62.6 Å². The van der Waals surface area contributed by atoms with E-state index in [4.69, 9.17) is 5.84 Å². The second-order valence-electron chi connectivity index (χ2n) is 5.96. The maximum atomic E-state index is 5.74. The van der Waals surface area contributed by atoms with Crippen molar-refractivity contribution in [2.75, 3.05) is 0 Å². The SMILES string of the molecule is CC(C)c1ccc(C(Cc2ncnn2C(C)C)NN)cc1. The van der Waals surface area contributed by atoms with Crippen molar-refractivity contribution >= 4 is 0 Å². The molecule has 0 aliphatic heterocycles. The summed E-state index contributed by atoms with van der Waals surface area (Å²) in [5.74, 6) is 7.22. The Labute approximate surface area is 126 Å². The molecular formula is C16H25N5. The van der Waals surface area contributed by atoms with Crippen LogP contribution in [0, 0.1) is 0 Å². The largest absolute Gasteiger partial charge is 0.271 e. The molecule has 5 nitrogen and oxygen atoms in total. The molecule has 114 valence electrons. The Morgan fingerprint density at radius 1 is 1.10 bits per heavy atom. The highest BCUT2D eigenvalue weighted by molar-refractivity contribution is 5.27. The molecule has 3 N–H and O–H groups in total. The van der Waals surface area contributed by atoms with Gasteiger partial charge in [-0.25, -0.2) is 9.67 Å². The van der Waals surface area contributed by atoms with Gasteiger partial charge >= 0.3 is 0 Å². The first kappa shape index (κ1) is 15.7. The Bertz CT molecular complexity index is 556. The first-order valence-electron chi connectivity index (χ1n) is 7.47. The standard InChI is InChI=1S/C16H25N5/c1-11(2)13-5-7-14(8-6-13)15(20-17)9-16-18-10-19-21(16)12(3)4/h5-8,10-12,15,20H,9,17H2,1-4H3. The molecule has 0 amide bonds. The van der Waals surface area contributed by atoms with Gasteiger partial charge in [0.15, 0.2) is 0 Å². The molecule has 1 unspecified atom stereocenters. The minimum Gasteiger partial charge on any atom is -0.271 e. The quantitative estimate of drug-likeness (QED) is 0.633. The molecule has 1 aromatic heterocycles. The van der Waals surface area contributed by atoms with Gasteiger partial charge in [-0.1, -0.05) is 38.1 Å². The van der Waals surface area contributed by atoms with Gasteiger partial charge in [0.2, 0.25) is 0 Å². The summed E-state index contributed by atoms with van der Waals surface area (Å²) in [6, 6.07) is 8.93. The van der Waals surface area contributed by atoms with E-state index in [-0.39, 0.29) is 6.04 Å². The maximum Gasteiger partial charge on any atom is 0.138 e. The molecule has 0 saturated heterocycles. The van der Waals surface area contributed by atoms with Gasteiger partial charge in [-0.2, -0.15) is 5.10 Å². The minimum absolute atomic E-state index is 0.0351. The molecule has 5 heteroatoms. The Morgan fingerprint density at radius 2 is 1.71 bits per heavy atom. The van der Waals surface area contributed by atoms with Gasteiger partial charge in [0.25, 0.3) is 0 Å². The average molecular weight is 287 g/mol. The van der Waals surface area contributed by atoms with E-state index in [1.807, 2.05) is 4.68 Å². The van der Waals surface area contributed by atoms with Gasteiger partial charge in [0.05, 0.1) is 6.04 Å². The molecule has 21 heavy (non-hydrogen) atoms. The number of benzene rings is 1. The van der Waals surface area contributed by atoms with Crippen molar-refractivity contribution in [3.8, 4) is 0 Å². The van der Waals surface area contributed by atoms with Crippen LogP contribution >= 0.6 is 0 Å². The zero-order valence-corrected chi connectivity index (χ0v) is 13.2. The third-order valence-corrected chi connectivity index (χ3v) is 3.73. The van der Waals surface area contributed by atoms with E-state index in [9.17, 15) is 0 Å². The number of rotatable bonds is 6. The Kier molecular flexibility index (Phi) is 5.09. The molecule has 0 radical (unpaired) electrons. The molecule has 1 heterocycles. The molecule has 0 saturated carbocycles.